The zero-order chi connectivity index (χ0) is 17.2. The van der Waals surface area contributed by atoms with Gasteiger partial charge in [-0.05, 0) is 51.8 Å². The fourth-order valence-electron chi connectivity index (χ4n) is 3.26. The predicted molar refractivity (Wildman–Crippen MR) is 91.7 cm³/mol. The smallest absolute Gasteiger partial charge is 0.407 e. The van der Waals surface area contributed by atoms with Gasteiger partial charge in [-0.15, -0.1) is 0 Å². The molecule has 6 heteroatoms. The number of nitrogens with zero attached hydrogens (tertiary/aromatic N) is 2. The van der Waals surface area contributed by atoms with Gasteiger partial charge in [0.1, 0.15) is 0 Å². The van der Waals surface area contributed by atoms with Crippen LogP contribution in [0, 0.1) is 0 Å². The molecule has 23 heavy (non-hydrogen) atoms. The third kappa shape index (κ3) is 3.96. The van der Waals surface area contributed by atoms with Crippen molar-refractivity contribution in [3.63, 3.8) is 0 Å². The first kappa shape index (κ1) is 17.6. The van der Waals surface area contributed by atoms with Crippen LogP contribution in [0.3, 0.4) is 0 Å². The Hall–Kier alpha value is -1.75. The van der Waals surface area contributed by atoms with Crippen LogP contribution >= 0.6 is 11.6 Å². The minimum atomic E-state index is -0.879. The third-order valence-electron chi connectivity index (χ3n) is 4.22. The van der Waals surface area contributed by atoms with Gasteiger partial charge in [0, 0.05) is 40.9 Å². The molecule has 5 nitrogen and oxygen atoms in total. The lowest BCUT2D eigenvalue weighted by atomic mass is 9.96. The molecule has 0 bridgehead atoms. The van der Waals surface area contributed by atoms with Crippen molar-refractivity contribution in [2.24, 2.45) is 0 Å². The Balaban J connectivity index is 2.12. The van der Waals surface area contributed by atoms with Gasteiger partial charge < -0.3 is 14.9 Å². The number of piperidine rings is 1. The fraction of sp³-hybridized carbons (Fsp3) is 0.529. The Kier molecular flexibility index (Phi) is 5.19. The summed E-state index contributed by atoms with van der Waals surface area (Å²) in [5.74, 6) is 0. The molecule has 1 fully saturated rings. The summed E-state index contributed by atoms with van der Waals surface area (Å²) in [6.45, 7) is 7.17. The summed E-state index contributed by atoms with van der Waals surface area (Å²) < 4.78 is 0. The Labute approximate surface area is 141 Å². The van der Waals surface area contributed by atoms with E-state index in [2.05, 4.69) is 4.90 Å². The maximum Gasteiger partial charge on any atom is 0.407 e. The SMILES string of the molecule is CC(C)(C)N(C(=O)O)C1CCN(c2ccc(Cl)cc2C=O)CC1. The molecule has 0 spiro atoms. The van der Waals surface area contributed by atoms with Crippen LogP contribution in [0.5, 0.6) is 0 Å². The third-order valence-corrected chi connectivity index (χ3v) is 4.45. The van der Waals surface area contributed by atoms with Gasteiger partial charge in [0.05, 0.1) is 0 Å². The first-order valence-electron chi connectivity index (χ1n) is 7.76. The number of carbonyl (C=O) groups excluding carboxylic acids is 1. The van der Waals surface area contributed by atoms with E-state index in [1.54, 1.807) is 17.0 Å². The predicted octanol–water partition coefficient (Wildman–Crippen LogP) is 3.90. The van der Waals surface area contributed by atoms with Crippen molar-refractivity contribution >= 4 is 29.7 Å². The Morgan fingerprint density at radius 3 is 2.43 bits per heavy atom. The number of hydrogen-bond donors (Lipinski definition) is 1. The van der Waals surface area contributed by atoms with Gasteiger partial charge in [-0.25, -0.2) is 4.79 Å². The molecule has 0 unspecified atom stereocenters. The van der Waals surface area contributed by atoms with Crippen LogP contribution in [0.1, 0.15) is 44.0 Å². The molecule has 1 aliphatic heterocycles. The zero-order valence-electron chi connectivity index (χ0n) is 13.8. The number of hydrogen-bond acceptors (Lipinski definition) is 3. The van der Waals surface area contributed by atoms with Crippen molar-refractivity contribution in [2.75, 3.05) is 18.0 Å². The second-order valence-electron chi connectivity index (χ2n) is 6.86. The molecule has 1 N–H and O–H groups in total. The highest BCUT2D eigenvalue weighted by Crippen LogP contribution is 2.29. The second-order valence-corrected chi connectivity index (χ2v) is 7.30. The molecule has 0 radical (unpaired) electrons. The van der Waals surface area contributed by atoms with E-state index in [9.17, 15) is 14.7 Å². The van der Waals surface area contributed by atoms with E-state index >= 15 is 0 Å². The molecule has 126 valence electrons. The first-order chi connectivity index (χ1) is 10.7. The molecule has 1 aromatic carbocycles. The Bertz CT molecular complexity index is 590. The maximum absolute atomic E-state index is 11.6. The van der Waals surface area contributed by atoms with Crippen molar-refractivity contribution in [1.82, 2.24) is 4.90 Å². The fourth-order valence-corrected chi connectivity index (χ4v) is 3.44. The van der Waals surface area contributed by atoms with Crippen molar-refractivity contribution in [1.29, 1.82) is 0 Å². The highest BCUT2D eigenvalue weighted by Gasteiger charge is 2.35. The molecule has 2 rings (SSSR count). The molecule has 0 saturated carbocycles. The number of rotatable bonds is 3. The van der Waals surface area contributed by atoms with Crippen LogP contribution in [0.25, 0.3) is 0 Å². The van der Waals surface area contributed by atoms with Crippen molar-refractivity contribution in [3.8, 4) is 0 Å². The molecule has 0 aromatic heterocycles. The monoisotopic (exact) mass is 338 g/mol. The number of aldehydes is 1. The summed E-state index contributed by atoms with van der Waals surface area (Å²) >= 11 is 5.93. The highest BCUT2D eigenvalue weighted by atomic mass is 35.5. The minimum Gasteiger partial charge on any atom is -0.465 e. The van der Waals surface area contributed by atoms with E-state index in [4.69, 9.17) is 11.6 Å². The number of anilines is 1. The molecule has 1 saturated heterocycles. The summed E-state index contributed by atoms with van der Waals surface area (Å²) in [7, 11) is 0. The number of halogens is 1. The van der Waals surface area contributed by atoms with Crippen molar-refractivity contribution in [3.05, 3.63) is 28.8 Å². The summed E-state index contributed by atoms with van der Waals surface area (Å²) in [5, 5.41) is 10.0. The zero-order valence-corrected chi connectivity index (χ0v) is 14.5. The van der Waals surface area contributed by atoms with Gasteiger partial charge in [-0.3, -0.25) is 4.79 Å². The second kappa shape index (κ2) is 6.79. The quantitative estimate of drug-likeness (QED) is 0.849. The van der Waals surface area contributed by atoms with Gasteiger partial charge >= 0.3 is 6.09 Å². The summed E-state index contributed by atoms with van der Waals surface area (Å²) in [6.07, 6.45) is 1.41. The summed E-state index contributed by atoms with van der Waals surface area (Å²) in [6, 6.07) is 5.28. The Morgan fingerprint density at radius 2 is 1.96 bits per heavy atom. The van der Waals surface area contributed by atoms with Gasteiger partial charge in [-0.2, -0.15) is 0 Å². The highest BCUT2D eigenvalue weighted by molar-refractivity contribution is 6.31. The minimum absolute atomic E-state index is 0.00395. The normalized spacial score (nSPS) is 16.3. The van der Waals surface area contributed by atoms with E-state index in [1.807, 2.05) is 26.8 Å². The molecule has 0 aliphatic carbocycles. The van der Waals surface area contributed by atoms with E-state index in [0.29, 0.717) is 23.7 Å². The van der Waals surface area contributed by atoms with Gasteiger partial charge in [0.15, 0.2) is 6.29 Å². The number of carbonyl (C=O) groups is 2. The Morgan fingerprint density at radius 1 is 1.35 bits per heavy atom. The van der Waals surface area contributed by atoms with E-state index in [-0.39, 0.29) is 6.04 Å². The number of carboxylic acid groups (broad SMARTS) is 1. The lowest BCUT2D eigenvalue weighted by molar-refractivity contribution is 0.0616. The molecule has 1 heterocycles. The van der Waals surface area contributed by atoms with Gasteiger partial charge in [-0.1, -0.05) is 11.6 Å². The van der Waals surface area contributed by atoms with E-state index < -0.39 is 11.6 Å². The van der Waals surface area contributed by atoms with E-state index in [1.165, 1.54) is 0 Å². The molecule has 1 aliphatic rings. The van der Waals surface area contributed by atoms with Crippen molar-refractivity contribution in [2.45, 2.75) is 45.2 Å². The topological polar surface area (TPSA) is 60.9 Å². The average Bonchev–Trinajstić information content (AvgIpc) is 2.46. The molecular formula is C17H23ClN2O3. The number of amides is 1. The largest absolute Gasteiger partial charge is 0.465 e. The molecule has 0 atom stereocenters. The van der Waals surface area contributed by atoms with Crippen LogP contribution in [0.4, 0.5) is 10.5 Å². The molecule has 1 amide bonds. The molecule has 1 aromatic rings. The van der Waals surface area contributed by atoms with Gasteiger partial charge in [0.2, 0.25) is 0 Å². The first-order valence-corrected chi connectivity index (χ1v) is 8.14. The molecular weight excluding hydrogens is 316 g/mol. The lowest BCUT2D eigenvalue weighted by Gasteiger charge is -2.44. The van der Waals surface area contributed by atoms with Gasteiger partial charge in [0.25, 0.3) is 0 Å². The lowest BCUT2D eigenvalue weighted by Crippen LogP contribution is -2.54. The standard InChI is InChI=1S/C17H23ClN2O3/c1-17(2,3)20(16(22)23)14-6-8-19(9-7-14)15-5-4-13(18)10-12(15)11-21/h4-5,10-11,14H,6-9H2,1-3H3,(H,22,23). The maximum atomic E-state index is 11.6. The number of benzene rings is 1. The van der Waals surface area contributed by atoms with E-state index in [0.717, 1.165) is 24.8 Å². The van der Waals surface area contributed by atoms with Crippen LogP contribution in [0.2, 0.25) is 5.02 Å². The van der Waals surface area contributed by atoms with Crippen LogP contribution in [-0.4, -0.2) is 47.1 Å². The van der Waals surface area contributed by atoms with Crippen molar-refractivity contribution < 1.29 is 14.7 Å². The van der Waals surface area contributed by atoms with Crippen LogP contribution in [0.15, 0.2) is 18.2 Å². The summed E-state index contributed by atoms with van der Waals surface area (Å²) in [4.78, 5) is 26.5. The average molecular weight is 339 g/mol. The van der Waals surface area contributed by atoms with Crippen LogP contribution < -0.4 is 4.90 Å². The summed E-state index contributed by atoms with van der Waals surface area (Å²) in [5.41, 5.74) is 1.01. The van der Waals surface area contributed by atoms with Crippen LogP contribution in [-0.2, 0) is 0 Å².